The molecule has 13 nitrogen and oxygen atoms in total. The molecule has 8 rings (SSSR count). The van der Waals surface area contributed by atoms with E-state index in [0.717, 1.165) is 74.5 Å². The summed E-state index contributed by atoms with van der Waals surface area (Å²) in [5.74, 6) is 10.7. The minimum atomic E-state index is -0.315. The van der Waals surface area contributed by atoms with Crippen LogP contribution >= 0.6 is 47.0 Å². The lowest BCUT2D eigenvalue weighted by molar-refractivity contribution is -0.116. The first-order chi connectivity index (χ1) is 36.8. The van der Waals surface area contributed by atoms with Gasteiger partial charge in [-0.2, -0.15) is 0 Å². The van der Waals surface area contributed by atoms with E-state index in [9.17, 15) is 19.2 Å². The predicted molar refractivity (Wildman–Crippen MR) is 316 cm³/mol. The Bertz CT molecular complexity index is 2910. The first-order valence-corrected chi connectivity index (χ1v) is 29.6. The first-order valence-electron chi connectivity index (χ1n) is 25.0. The second-order valence-corrected chi connectivity index (χ2v) is 22.2. The molecule has 4 heterocycles. The van der Waals surface area contributed by atoms with E-state index in [4.69, 9.17) is 23.4 Å². The number of nitrogens with two attached hydrogens (primary N) is 1. The lowest BCUT2D eigenvalue weighted by Gasteiger charge is -1.98. The van der Waals surface area contributed by atoms with Crippen molar-refractivity contribution in [3.8, 4) is 45.8 Å². The molecule has 4 aromatic heterocycles. The largest absolute Gasteiger partial charge is 0.441 e. The minimum Gasteiger partial charge on any atom is -0.441 e. The van der Waals surface area contributed by atoms with E-state index in [1.165, 1.54) is 34.0 Å². The number of aromatic nitrogens is 4. The molecule has 0 aliphatic carbocycles. The van der Waals surface area contributed by atoms with Crippen LogP contribution in [0.2, 0.25) is 0 Å². The summed E-state index contributed by atoms with van der Waals surface area (Å²) >= 11 is 6.15. The van der Waals surface area contributed by atoms with Gasteiger partial charge in [0.15, 0.2) is 0 Å². The molecule has 0 aliphatic heterocycles. The minimum absolute atomic E-state index is 0.185. The molecular weight excluding hydrogens is 1050 g/mol. The van der Waals surface area contributed by atoms with Gasteiger partial charge in [-0.15, -0.1) is 47.0 Å². The number of Topliss-reactive ketones (excluding diaryl/α,β-unsaturated/α-hetero) is 3. The number of hydrogen-bond donors (Lipinski definition) is 1. The molecule has 8 aromatic rings. The van der Waals surface area contributed by atoms with Crippen molar-refractivity contribution < 1.29 is 36.8 Å². The Morgan fingerprint density at radius 3 is 0.844 bits per heavy atom. The van der Waals surface area contributed by atoms with E-state index in [2.05, 4.69) is 52.8 Å². The number of carbonyl (C=O) groups is 4. The fourth-order valence-corrected chi connectivity index (χ4v) is 10.2. The van der Waals surface area contributed by atoms with Crippen molar-refractivity contribution in [3.63, 3.8) is 0 Å². The highest BCUT2D eigenvalue weighted by atomic mass is 32.2. The Kier molecular flexibility index (Phi) is 24.8. The van der Waals surface area contributed by atoms with Gasteiger partial charge < -0.3 is 23.4 Å². The van der Waals surface area contributed by atoms with Crippen LogP contribution < -0.4 is 5.73 Å². The molecule has 17 heteroatoms. The second-order valence-electron chi connectivity index (χ2n) is 18.3. The number of carbonyl (C=O) groups excluding carboxylic acids is 4. The van der Waals surface area contributed by atoms with E-state index >= 15 is 0 Å². The summed E-state index contributed by atoms with van der Waals surface area (Å²) in [7, 11) is 0. The normalized spacial score (nSPS) is 10.7. The molecule has 2 N–H and O–H groups in total. The SMILES string of the molecule is CC(=O)CSCc1nc(-c2ccc(C)cc2)oc1C.CC(=O)CSCc1nc(-c2ccc(C)cc2)oc1C.CCc1ccc(-c2nc(CSCC(C)=O)c(C)o2)cc1.Cc1ccc(-c2nc(CSCC(N)=O)c(C)o2)cc1. The summed E-state index contributed by atoms with van der Waals surface area (Å²) in [5.41, 5.74) is 17.6. The molecule has 0 radical (unpaired) electrons. The van der Waals surface area contributed by atoms with Gasteiger partial charge >= 0.3 is 0 Å². The number of amides is 1. The standard InChI is InChI=1S/C16H19NO2S.2C15H17NO2S.C14H16N2O2S/c1-4-13-5-7-14(8-6-13)16-17-15(12(3)19-16)10-20-9-11(2)18;2*1-10-4-6-13(7-5-10)15-16-14(12(3)18-15)9-19-8-11(2)17;1-9-3-5-11(6-4-9)14-16-12(10(2)18-14)7-19-8-13(15)17/h5-8H,4,9-10H2,1-3H3;2*4-7H,8-9H2,1-3H3;3-6H,7-8H2,1-2H3,(H2,15,17). The molecular formula is C60H69N5O8S4. The number of primary amides is 1. The zero-order valence-electron chi connectivity index (χ0n) is 45.9. The summed E-state index contributed by atoms with van der Waals surface area (Å²) in [6.07, 6.45) is 1.03. The van der Waals surface area contributed by atoms with E-state index in [1.54, 1.807) is 56.1 Å². The quantitative estimate of drug-likeness (QED) is 0.0712. The third kappa shape index (κ3) is 20.8. The van der Waals surface area contributed by atoms with Crippen LogP contribution in [0.15, 0.2) is 115 Å². The average molecular weight is 1120 g/mol. The predicted octanol–water partition coefficient (Wildman–Crippen LogP) is 14.3. The lowest BCUT2D eigenvalue weighted by Crippen LogP contribution is -2.13. The number of aryl methyl sites for hydroxylation is 8. The maximum absolute atomic E-state index is 10.9. The Balaban J connectivity index is 0.000000189. The third-order valence-electron chi connectivity index (χ3n) is 11.2. The molecule has 77 heavy (non-hydrogen) atoms. The van der Waals surface area contributed by atoms with Gasteiger partial charge in [-0.3, -0.25) is 19.2 Å². The fourth-order valence-electron chi connectivity index (χ4n) is 6.84. The van der Waals surface area contributed by atoms with Crippen LogP contribution in [-0.2, 0) is 48.6 Å². The smallest absolute Gasteiger partial charge is 0.227 e. The van der Waals surface area contributed by atoms with E-state index in [0.29, 0.717) is 69.6 Å². The highest BCUT2D eigenvalue weighted by Gasteiger charge is 2.16. The summed E-state index contributed by atoms with van der Waals surface area (Å²) in [5, 5.41) is 0. The van der Waals surface area contributed by atoms with Crippen LogP contribution in [0.3, 0.4) is 0 Å². The number of nitrogens with zero attached hydrogens (tertiary/aromatic N) is 4. The van der Waals surface area contributed by atoms with Crippen LogP contribution in [0.1, 0.15) is 95.8 Å². The Labute approximate surface area is 469 Å². The number of hydrogen-bond acceptors (Lipinski definition) is 16. The lowest BCUT2D eigenvalue weighted by atomic mass is 10.1. The van der Waals surface area contributed by atoms with Crippen molar-refractivity contribution in [2.45, 2.75) is 106 Å². The van der Waals surface area contributed by atoms with Crippen molar-refractivity contribution in [3.05, 3.63) is 165 Å². The third-order valence-corrected chi connectivity index (χ3v) is 15.4. The number of thioether (sulfide) groups is 4. The van der Waals surface area contributed by atoms with Crippen molar-refractivity contribution in [1.82, 2.24) is 19.9 Å². The van der Waals surface area contributed by atoms with Crippen molar-refractivity contribution in [2.75, 3.05) is 23.0 Å². The number of ketones is 3. The topological polar surface area (TPSA) is 198 Å². The molecule has 0 saturated heterocycles. The molecule has 1 amide bonds. The molecule has 0 saturated carbocycles. The van der Waals surface area contributed by atoms with Gasteiger partial charge in [0, 0.05) is 45.3 Å². The highest BCUT2D eigenvalue weighted by Crippen LogP contribution is 2.28. The summed E-state index contributed by atoms with van der Waals surface area (Å²) in [6.45, 7) is 20.7. The van der Waals surface area contributed by atoms with Crippen LogP contribution in [-0.4, -0.2) is 66.2 Å². The van der Waals surface area contributed by atoms with Crippen molar-refractivity contribution >= 4 is 70.3 Å². The highest BCUT2D eigenvalue weighted by molar-refractivity contribution is 7.99. The van der Waals surface area contributed by atoms with Crippen LogP contribution in [0.25, 0.3) is 45.8 Å². The number of rotatable bonds is 21. The fraction of sp³-hybridized carbons (Fsp3) is 0.333. The Morgan fingerprint density at radius 2 is 0.623 bits per heavy atom. The van der Waals surface area contributed by atoms with Gasteiger partial charge in [0.1, 0.15) is 40.4 Å². The molecule has 0 spiro atoms. The van der Waals surface area contributed by atoms with Crippen LogP contribution in [0, 0.1) is 48.5 Å². The monoisotopic (exact) mass is 1120 g/mol. The number of benzene rings is 4. The van der Waals surface area contributed by atoms with Gasteiger partial charge in [0.05, 0.1) is 45.8 Å². The van der Waals surface area contributed by atoms with E-state index < -0.39 is 0 Å². The Morgan fingerprint density at radius 1 is 0.390 bits per heavy atom. The van der Waals surface area contributed by atoms with Gasteiger partial charge in [-0.25, -0.2) is 19.9 Å². The van der Waals surface area contributed by atoms with E-state index in [1.807, 2.05) is 120 Å². The summed E-state index contributed by atoms with van der Waals surface area (Å²) < 4.78 is 22.8. The number of oxazole rings is 4. The first kappa shape index (κ1) is 61.5. The zero-order chi connectivity index (χ0) is 56.0. The van der Waals surface area contributed by atoms with Crippen LogP contribution in [0.5, 0.6) is 0 Å². The van der Waals surface area contributed by atoms with Gasteiger partial charge in [-0.1, -0.05) is 72.1 Å². The van der Waals surface area contributed by atoms with E-state index in [-0.39, 0.29) is 23.3 Å². The second kappa shape index (κ2) is 31.1. The van der Waals surface area contributed by atoms with Gasteiger partial charge in [0.2, 0.25) is 29.5 Å². The summed E-state index contributed by atoms with van der Waals surface area (Å²) in [4.78, 5) is 61.5. The molecule has 0 unspecified atom stereocenters. The molecule has 0 bridgehead atoms. The van der Waals surface area contributed by atoms with Crippen molar-refractivity contribution in [2.24, 2.45) is 5.73 Å². The average Bonchev–Trinajstić information content (AvgIpc) is 4.17. The molecule has 0 fully saturated rings. The maximum atomic E-state index is 10.9. The van der Waals surface area contributed by atoms with Crippen LogP contribution in [0.4, 0.5) is 0 Å². The van der Waals surface area contributed by atoms with Gasteiger partial charge in [0.25, 0.3) is 0 Å². The zero-order valence-corrected chi connectivity index (χ0v) is 49.1. The molecule has 4 aromatic carbocycles. The molecule has 0 aliphatic rings. The summed E-state index contributed by atoms with van der Waals surface area (Å²) in [6, 6.07) is 32.5. The molecule has 0 atom stereocenters. The molecule has 406 valence electrons. The van der Waals surface area contributed by atoms with Crippen molar-refractivity contribution in [1.29, 1.82) is 0 Å². The Hall–Kier alpha value is -6.40. The maximum Gasteiger partial charge on any atom is 0.227 e. The van der Waals surface area contributed by atoms with Gasteiger partial charge in [-0.05, 0) is 130 Å².